The third kappa shape index (κ3) is 3.67. The predicted octanol–water partition coefficient (Wildman–Crippen LogP) is 3.60. The van der Waals surface area contributed by atoms with Crippen molar-refractivity contribution in [3.05, 3.63) is 54.6 Å². The molecule has 0 aliphatic carbocycles. The molecule has 0 unspecified atom stereocenters. The van der Waals surface area contributed by atoms with Crippen LogP contribution in [-0.2, 0) is 4.74 Å². The molecular weight excluding hydrogens is 444 g/mol. The molecule has 2 N–H and O–H groups in total. The summed E-state index contributed by atoms with van der Waals surface area (Å²) in [4.78, 5) is 27.0. The lowest BCUT2D eigenvalue weighted by atomic mass is 10.3. The lowest BCUT2D eigenvalue weighted by Crippen LogP contribution is -2.37. The summed E-state index contributed by atoms with van der Waals surface area (Å²) in [5.74, 6) is 0.224. The van der Waals surface area contributed by atoms with Crippen LogP contribution in [0.1, 0.15) is 12.2 Å². The van der Waals surface area contributed by atoms with Crippen LogP contribution in [0, 0.1) is 0 Å². The van der Waals surface area contributed by atoms with E-state index in [0.29, 0.717) is 49.0 Å². The van der Waals surface area contributed by atoms with Crippen molar-refractivity contribution in [3.63, 3.8) is 0 Å². The topological polar surface area (TPSA) is 110 Å². The van der Waals surface area contributed by atoms with Gasteiger partial charge in [-0.05, 0) is 30.3 Å². The van der Waals surface area contributed by atoms with Crippen LogP contribution in [0.3, 0.4) is 0 Å². The summed E-state index contributed by atoms with van der Waals surface area (Å²) >= 11 is 0. The van der Waals surface area contributed by atoms with E-state index >= 15 is 0 Å². The molecule has 1 saturated heterocycles. The molecule has 0 bridgehead atoms. The number of ether oxygens (including phenoxy) is 1. The number of imidazole rings is 2. The first-order chi connectivity index (χ1) is 16.7. The molecule has 1 aliphatic heterocycles. The van der Waals surface area contributed by atoms with E-state index in [0.717, 1.165) is 11.0 Å². The van der Waals surface area contributed by atoms with Gasteiger partial charge >= 0.3 is 0 Å². The predicted molar refractivity (Wildman–Crippen MR) is 122 cm³/mol. The highest BCUT2D eigenvalue weighted by atomic mass is 19.3. The number of fused-ring (bicyclic) bond motifs is 2. The van der Waals surface area contributed by atoms with Crippen LogP contribution < -0.4 is 10.2 Å². The van der Waals surface area contributed by atoms with Gasteiger partial charge in [-0.15, -0.1) is 0 Å². The molecule has 5 aromatic rings. The zero-order valence-electron chi connectivity index (χ0n) is 17.8. The number of halogens is 2. The standard InChI is InChI=1S/C22H19F2N9O/c23-18(24)19-28-15-3-1-2-4-17(15)33(19)22-30-20(29-21(31-22)32-7-9-34-10-8-32)27-13-5-6-14-16(11-13)26-12-25-14/h1-6,11-12,18H,7-10H2,(H,25,26)(H,27,29,30,31). The molecule has 34 heavy (non-hydrogen) atoms. The number of aromatic amines is 1. The van der Waals surface area contributed by atoms with E-state index in [1.807, 2.05) is 23.1 Å². The molecule has 0 saturated carbocycles. The molecule has 6 rings (SSSR count). The van der Waals surface area contributed by atoms with Crippen molar-refractivity contribution in [1.29, 1.82) is 0 Å². The van der Waals surface area contributed by atoms with Crippen molar-refractivity contribution in [2.75, 3.05) is 36.5 Å². The number of para-hydroxylation sites is 2. The molecule has 0 atom stereocenters. The third-order valence-electron chi connectivity index (χ3n) is 5.57. The Labute approximate surface area is 191 Å². The summed E-state index contributed by atoms with van der Waals surface area (Å²) in [7, 11) is 0. The minimum absolute atomic E-state index is 0.0591. The van der Waals surface area contributed by atoms with Gasteiger partial charge in [0.1, 0.15) is 0 Å². The minimum atomic E-state index is -2.81. The Kier molecular flexibility index (Phi) is 4.99. The molecule has 12 heteroatoms. The zero-order chi connectivity index (χ0) is 23.1. The SMILES string of the molecule is FC(F)c1nc2ccccc2n1-c1nc(Nc2ccc3[nH]cnc3c2)nc(N2CCOCC2)n1. The van der Waals surface area contributed by atoms with Crippen molar-refractivity contribution >= 4 is 39.7 Å². The lowest BCUT2D eigenvalue weighted by Gasteiger charge is -2.27. The number of hydrogen-bond acceptors (Lipinski definition) is 8. The summed E-state index contributed by atoms with van der Waals surface area (Å²) in [5.41, 5.74) is 3.29. The number of nitrogens with one attached hydrogen (secondary N) is 2. The van der Waals surface area contributed by atoms with Crippen molar-refractivity contribution < 1.29 is 13.5 Å². The number of H-pyrrole nitrogens is 1. The molecule has 1 fully saturated rings. The number of anilines is 3. The van der Waals surface area contributed by atoms with E-state index < -0.39 is 12.2 Å². The Morgan fingerprint density at radius 2 is 1.76 bits per heavy atom. The molecule has 1 aliphatic rings. The number of nitrogens with zero attached hydrogens (tertiary/aromatic N) is 7. The van der Waals surface area contributed by atoms with Crippen LogP contribution >= 0.6 is 0 Å². The van der Waals surface area contributed by atoms with Gasteiger partial charge in [0.15, 0.2) is 5.82 Å². The maximum absolute atomic E-state index is 14.0. The van der Waals surface area contributed by atoms with Crippen molar-refractivity contribution in [2.24, 2.45) is 0 Å². The van der Waals surface area contributed by atoms with Gasteiger partial charge in [-0.2, -0.15) is 15.0 Å². The second-order valence-corrected chi connectivity index (χ2v) is 7.71. The fourth-order valence-corrected chi connectivity index (χ4v) is 3.95. The molecule has 4 heterocycles. The first kappa shape index (κ1) is 20.4. The highest BCUT2D eigenvalue weighted by molar-refractivity contribution is 5.80. The first-order valence-corrected chi connectivity index (χ1v) is 10.7. The number of morpholine rings is 1. The van der Waals surface area contributed by atoms with Crippen molar-refractivity contribution in [2.45, 2.75) is 6.43 Å². The van der Waals surface area contributed by atoms with E-state index in [4.69, 9.17) is 4.74 Å². The van der Waals surface area contributed by atoms with Crippen LogP contribution in [0.15, 0.2) is 48.8 Å². The monoisotopic (exact) mass is 463 g/mol. The fraction of sp³-hybridized carbons (Fsp3) is 0.227. The maximum atomic E-state index is 14.0. The summed E-state index contributed by atoms with van der Waals surface area (Å²) < 4.78 is 34.7. The molecule has 0 radical (unpaired) electrons. The highest BCUT2D eigenvalue weighted by Crippen LogP contribution is 2.28. The molecule has 0 amide bonds. The second kappa shape index (κ2) is 8.30. The Morgan fingerprint density at radius 3 is 2.62 bits per heavy atom. The largest absolute Gasteiger partial charge is 0.378 e. The molecule has 172 valence electrons. The molecular formula is C22H19F2N9O. The summed E-state index contributed by atoms with van der Waals surface area (Å²) in [5, 5.41) is 3.17. The maximum Gasteiger partial charge on any atom is 0.296 e. The molecule has 2 aromatic carbocycles. The van der Waals surface area contributed by atoms with Crippen LogP contribution in [-0.4, -0.2) is 60.8 Å². The van der Waals surface area contributed by atoms with E-state index in [1.165, 1.54) is 4.57 Å². The van der Waals surface area contributed by atoms with Crippen LogP contribution in [0.25, 0.3) is 28.0 Å². The number of benzene rings is 2. The van der Waals surface area contributed by atoms with Gasteiger partial charge in [0, 0.05) is 18.8 Å². The second-order valence-electron chi connectivity index (χ2n) is 7.71. The quantitative estimate of drug-likeness (QED) is 0.407. The first-order valence-electron chi connectivity index (χ1n) is 10.7. The Hall–Kier alpha value is -4.19. The van der Waals surface area contributed by atoms with E-state index in [9.17, 15) is 8.78 Å². The van der Waals surface area contributed by atoms with Gasteiger partial charge in [0.2, 0.25) is 17.8 Å². The van der Waals surface area contributed by atoms with Crippen LogP contribution in [0.5, 0.6) is 0 Å². The highest BCUT2D eigenvalue weighted by Gasteiger charge is 2.24. The zero-order valence-corrected chi connectivity index (χ0v) is 17.8. The third-order valence-corrected chi connectivity index (χ3v) is 5.57. The summed E-state index contributed by atoms with van der Waals surface area (Å²) in [6, 6.07) is 12.5. The number of aromatic nitrogens is 7. The smallest absolute Gasteiger partial charge is 0.296 e. The van der Waals surface area contributed by atoms with Gasteiger partial charge in [-0.25, -0.2) is 18.7 Å². The normalized spacial score (nSPS) is 14.4. The lowest BCUT2D eigenvalue weighted by molar-refractivity contribution is 0.122. The van der Waals surface area contributed by atoms with Crippen LogP contribution in [0.4, 0.5) is 26.4 Å². The molecule has 10 nitrogen and oxygen atoms in total. The molecule has 3 aromatic heterocycles. The van der Waals surface area contributed by atoms with Gasteiger partial charge in [0.05, 0.1) is 41.6 Å². The van der Waals surface area contributed by atoms with Gasteiger partial charge < -0.3 is 19.9 Å². The molecule has 0 spiro atoms. The van der Waals surface area contributed by atoms with Gasteiger partial charge in [0.25, 0.3) is 6.43 Å². The van der Waals surface area contributed by atoms with Gasteiger partial charge in [-0.3, -0.25) is 4.57 Å². The Morgan fingerprint density at radius 1 is 0.941 bits per heavy atom. The number of alkyl halides is 2. The average Bonchev–Trinajstić information content (AvgIpc) is 3.49. The number of hydrogen-bond donors (Lipinski definition) is 2. The summed E-state index contributed by atoms with van der Waals surface area (Å²) in [6.45, 7) is 2.20. The van der Waals surface area contributed by atoms with E-state index in [1.54, 1.807) is 30.6 Å². The van der Waals surface area contributed by atoms with Crippen molar-refractivity contribution in [1.82, 2.24) is 34.5 Å². The number of rotatable bonds is 5. The fourth-order valence-electron chi connectivity index (χ4n) is 3.95. The Bertz CT molecular complexity index is 1480. The Balaban J connectivity index is 1.49. The van der Waals surface area contributed by atoms with E-state index in [2.05, 4.69) is 35.2 Å². The summed E-state index contributed by atoms with van der Waals surface area (Å²) in [6.07, 6.45) is -1.20. The van der Waals surface area contributed by atoms with Crippen LogP contribution in [0.2, 0.25) is 0 Å². The van der Waals surface area contributed by atoms with Crippen molar-refractivity contribution in [3.8, 4) is 5.95 Å². The van der Waals surface area contributed by atoms with E-state index in [-0.39, 0.29) is 11.9 Å². The average molecular weight is 463 g/mol. The van der Waals surface area contributed by atoms with Gasteiger partial charge in [-0.1, -0.05) is 12.1 Å². The minimum Gasteiger partial charge on any atom is -0.378 e.